The number of hydrogen-bond donors (Lipinski definition) is 1. The molecule has 0 radical (unpaired) electrons. The first-order valence-corrected chi connectivity index (χ1v) is 11.9. The van der Waals surface area contributed by atoms with Crippen molar-refractivity contribution < 1.29 is 4.79 Å². The third-order valence-corrected chi connectivity index (χ3v) is 7.41. The minimum Gasteiger partial charge on any atom is -0.352 e. The zero-order valence-corrected chi connectivity index (χ0v) is 18.9. The summed E-state index contributed by atoms with van der Waals surface area (Å²) in [4.78, 5) is 26.1. The van der Waals surface area contributed by atoms with Crippen LogP contribution >= 0.6 is 0 Å². The molecule has 1 amide bonds. The van der Waals surface area contributed by atoms with E-state index in [-0.39, 0.29) is 22.9 Å². The lowest BCUT2D eigenvalue weighted by Crippen LogP contribution is -2.40. The lowest BCUT2D eigenvalue weighted by atomic mass is 9.59. The fraction of sp³-hybridized carbons (Fsp3) is 0.200. The maximum absolute atomic E-state index is 13.1. The zero-order chi connectivity index (χ0) is 23.1. The topological polar surface area (TPSA) is 51.1 Å². The number of fused-ring (bicyclic) bond motifs is 1. The Bertz CT molecular complexity index is 1380. The van der Waals surface area contributed by atoms with Crippen LogP contribution in [0.3, 0.4) is 0 Å². The van der Waals surface area contributed by atoms with Gasteiger partial charge in [0, 0.05) is 24.6 Å². The number of nitrogens with zero attached hydrogens (tertiary/aromatic N) is 1. The van der Waals surface area contributed by atoms with Crippen LogP contribution in [-0.4, -0.2) is 17.0 Å². The fourth-order valence-electron chi connectivity index (χ4n) is 5.89. The van der Waals surface area contributed by atoms with E-state index in [9.17, 15) is 9.59 Å². The van der Waals surface area contributed by atoms with Crippen LogP contribution in [0.1, 0.15) is 56.4 Å². The van der Waals surface area contributed by atoms with Crippen molar-refractivity contribution in [3.63, 3.8) is 0 Å². The van der Waals surface area contributed by atoms with E-state index in [2.05, 4.69) is 53.8 Å². The Morgan fingerprint density at radius 1 is 0.794 bits per heavy atom. The molecule has 0 fully saturated rings. The highest BCUT2D eigenvalue weighted by atomic mass is 16.2. The van der Waals surface area contributed by atoms with Gasteiger partial charge in [0.1, 0.15) is 5.56 Å². The maximum atomic E-state index is 13.1. The molecular formula is C30H26N2O2. The monoisotopic (exact) mass is 446 g/mol. The SMILES string of the molecule is O=C(NCC1CC2c3ccccc3C1c1ccccc12)c1cccn(Cc2ccccc2)c1=O. The lowest BCUT2D eigenvalue weighted by Gasteiger charge is -2.45. The lowest BCUT2D eigenvalue weighted by molar-refractivity contribution is 0.0940. The molecule has 1 heterocycles. The second-order valence-corrected chi connectivity index (χ2v) is 9.33. The van der Waals surface area contributed by atoms with Crippen molar-refractivity contribution in [2.75, 3.05) is 6.54 Å². The third kappa shape index (κ3) is 3.47. The molecule has 34 heavy (non-hydrogen) atoms. The summed E-state index contributed by atoms with van der Waals surface area (Å²) in [6.45, 7) is 0.996. The normalized spacial score (nSPS) is 19.8. The third-order valence-electron chi connectivity index (χ3n) is 7.41. The van der Waals surface area contributed by atoms with Crippen LogP contribution in [0.2, 0.25) is 0 Å². The Labute approximate surface area is 198 Å². The van der Waals surface area contributed by atoms with Crippen molar-refractivity contribution in [3.8, 4) is 0 Å². The summed E-state index contributed by atoms with van der Waals surface area (Å²) >= 11 is 0. The average molecular weight is 447 g/mol. The van der Waals surface area contributed by atoms with Gasteiger partial charge in [0.25, 0.3) is 11.5 Å². The van der Waals surface area contributed by atoms with E-state index in [0.29, 0.717) is 24.9 Å². The Balaban J connectivity index is 1.23. The van der Waals surface area contributed by atoms with Crippen LogP contribution in [0.5, 0.6) is 0 Å². The zero-order valence-electron chi connectivity index (χ0n) is 18.9. The summed E-state index contributed by atoms with van der Waals surface area (Å²) in [5.41, 5.74) is 6.55. The number of pyridine rings is 1. The Morgan fingerprint density at radius 2 is 1.41 bits per heavy atom. The number of hydrogen-bond acceptors (Lipinski definition) is 2. The number of amides is 1. The average Bonchev–Trinajstić information content (AvgIpc) is 2.89. The van der Waals surface area contributed by atoms with Crippen LogP contribution < -0.4 is 10.9 Å². The number of nitrogens with one attached hydrogen (secondary N) is 1. The molecule has 1 unspecified atom stereocenters. The minimum atomic E-state index is -0.296. The maximum Gasteiger partial charge on any atom is 0.263 e. The highest BCUT2D eigenvalue weighted by molar-refractivity contribution is 5.93. The van der Waals surface area contributed by atoms with Gasteiger partial charge in [-0.1, -0.05) is 78.9 Å². The highest BCUT2D eigenvalue weighted by Gasteiger charge is 2.42. The molecule has 0 spiro atoms. The largest absolute Gasteiger partial charge is 0.352 e. The first-order valence-electron chi connectivity index (χ1n) is 11.9. The van der Waals surface area contributed by atoms with Gasteiger partial charge in [0.05, 0.1) is 6.54 Å². The Hall–Kier alpha value is -3.92. The molecule has 3 aliphatic carbocycles. The summed E-state index contributed by atoms with van der Waals surface area (Å²) in [5.74, 6) is 0.631. The van der Waals surface area contributed by atoms with Gasteiger partial charge in [-0.25, -0.2) is 0 Å². The number of carbonyl (C=O) groups is 1. The minimum absolute atomic E-state index is 0.195. The molecule has 4 nitrogen and oxygen atoms in total. The Kier molecular flexibility index (Phi) is 5.14. The van der Waals surface area contributed by atoms with Gasteiger partial charge in [-0.05, 0) is 52.3 Å². The predicted molar refractivity (Wildman–Crippen MR) is 133 cm³/mol. The van der Waals surface area contributed by atoms with Crippen molar-refractivity contribution in [3.05, 3.63) is 141 Å². The second-order valence-electron chi connectivity index (χ2n) is 9.33. The van der Waals surface area contributed by atoms with E-state index in [1.165, 1.54) is 22.3 Å². The standard InChI is InChI=1S/C30H26N2O2/c33-29(26-15-8-16-32(30(26)34)19-20-9-2-1-3-10-20)31-18-21-17-27-22-11-4-6-13-24(22)28(21)25-14-7-5-12-23(25)27/h1-16,21,27-28H,17-19H2,(H,31,33). The molecule has 1 aromatic heterocycles. The van der Waals surface area contributed by atoms with Crippen molar-refractivity contribution in [2.45, 2.75) is 24.8 Å². The molecule has 3 aromatic carbocycles. The molecule has 2 bridgehead atoms. The molecule has 0 saturated carbocycles. The van der Waals surface area contributed by atoms with Crippen LogP contribution in [0, 0.1) is 5.92 Å². The van der Waals surface area contributed by atoms with E-state index in [0.717, 1.165) is 12.0 Å². The number of rotatable bonds is 5. The first kappa shape index (κ1) is 20.7. The van der Waals surface area contributed by atoms with Crippen LogP contribution in [0.15, 0.2) is 102 Å². The van der Waals surface area contributed by atoms with Crippen LogP contribution in [0.25, 0.3) is 0 Å². The van der Waals surface area contributed by atoms with Crippen LogP contribution in [0.4, 0.5) is 0 Å². The quantitative estimate of drug-likeness (QED) is 0.473. The smallest absolute Gasteiger partial charge is 0.263 e. The molecular weight excluding hydrogens is 420 g/mol. The van der Waals surface area contributed by atoms with Gasteiger partial charge in [-0.15, -0.1) is 0 Å². The summed E-state index contributed by atoms with van der Waals surface area (Å²) in [6, 6.07) is 30.6. The summed E-state index contributed by atoms with van der Waals surface area (Å²) in [7, 11) is 0. The number of benzene rings is 3. The first-order chi connectivity index (χ1) is 16.7. The van der Waals surface area contributed by atoms with E-state index in [1.54, 1.807) is 22.9 Å². The van der Waals surface area contributed by atoms with Gasteiger partial charge in [0.2, 0.25) is 0 Å². The van der Waals surface area contributed by atoms with Gasteiger partial charge in [-0.3, -0.25) is 9.59 Å². The van der Waals surface area contributed by atoms with Gasteiger partial charge >= 0.3 is 0 Å². The van der Waals surface area contributed by atoms with Crippen molar-refractivity contribution in [2.24, 2.45) is 5.92 Å². The molecule has 0 saturated heterocycles. The van der Waals surface area contributed by atoms with Gasteiger partial charge < -0.3 is 9.88 Å². The van der Waals surface area contributed by atoms with Gasteiger partial charge in [0.15, 0.2) is 0 Å². The molecule has 4 aromatic rings. The summed E-state index contributed by atoms with van der Waals surface area (Å²) < 4.78 is 1.60. The molecule has 168 valence electrons. The predicted octanol–water partition coefficient (Wildman–Crippen LogP) is 4.92. The Morgan fingerprint density at radius 3 is 2.09 bits per heavy atom. The van der Waals surface area contributed by atoms with Crippen LogP contribution in [-0.2, 0) is 6.54 Å². The van der Waals surface area contributed by atoms with Crippen molar-refractivity contribution in [1.82, 2.24) is 9.88 Å². The van der Waals surface area contributed by atoms with E-state index in [4.69, 9.17) is 0 Å². The molecule has 1 atom stereocenters. The number of carbonyl (C=O) groups excluding carboxylic acids is 1. The molecule has 0 aliphatic heterocycles. The van der Waals surface area contributed by atoms with Crippen molar-refractivity contribution in [1.29, 1.82) is 0 Å². The second kappa shape index (κ2) is 8.45. The van der Waals surface area contributed by atoms with Gasteiger partial charge in [-0.2, -0.15) is 0 Å². The fourth-order valence-corrected chi connectivity index (χ4v) is 5.89. The van der Waals surface area contributed by atoms with E-state index >= 15 is 0 Å². The molecule has 4 heteroatoms. The highest BCUT2D eigenvalue weighted by Crippen LogP contribution is 2.55. The van der Waals surface area contributed by atoms with E-state index < -0.39 is 0 Å². The number of aromatic nitrogens is 1. The molecule has 3 aliphatic rings. The van der Waals surface area contributed by atoms with E-state index in [1.807, 2.05) is 30.3 Å². The molecule has 7 rings (SSSR count). The van der Waals surface area contributed by atoms with Crippen molar-refractivity contribution >= 4 is 5.91 Å². The summed E-state index contributed by atoms with van der Waals surface area (Å²) in [5, 5.41) is 3.09. The summed E-state index contributed by atoms with van der Waals surface area (Å²) in [6.07, 6.45) is 2.74. The molecule has 1 N–H and O–H groups in total.